The molecule has 0 bridgehead atoms. The van der Waals surface area contributed by atoms with Crippen molar-refractivity contribution in [3.8, 4) is 23.6 Å². The summed E-state index contributed by atoms with van der Waals surface area (Å²) in [5, 5.41) is 24.8. The van der Waals surface area contributed by atoms with E-state index < -0.39 is 0 Å². The van der Waals surface area contributed by atoms with Crippen LogP contribution in [0.2, 0.25) is 0 Å². The van der Waals surface area contributed by atoms with Crippen molar-refractivity contribution in [3.05, 3.63) is 35.0 Å². The van der Waals surface area contributed by atoms with Crippen LogP contribution in [0.1, 0.15) is 16.8 Å². The molecule has 7 nitrogen and oxygen atoms in total. The minimum Gasteiger partial charge on any atom is -0.493 e. The van der Waals surface area contributed by atoms with E-state index in [2.05, 4.69) is 10.2 Å². The second-order valence-electron chi connectivity index (χ2n) is 4.25. The SMILES string of the molecule is COc1ccc(/C=C(\C#N)c2[nH]nc(N)c2C#N)cc1OC. The van der Waals surface area contributed by atoms with Gasteiger partial charge in [0.25, 0.3) is 0 Å². The Kier molecular flexibility index (Phi) is 4.30. The van der Waals surface area contributed by atoms with Crippen molar-refractivity contribution in [2.45, 2.75) is 0 Å². The van der Waals surface area contributed by atoms with Crippen LogP contribution >= 0.6 is 0 Å². The normalized spacial score (nSPS) is 10.6. The molecule has 0 atom stereocenters. The zero-order chi connectivity index (χ0) is 16.1. The first-order valence-electron chi connectivity index (χ1n) is 6.22. The fraction of sp³-hybridized carbons (Fsp3) is 0.133. The second-order valence-corrected chi connectivity index (χ2v) is 4.25. The number of aromatic amines is 1. The van der Waals surface area contributed by atoms with Crippen molar-refractivity contribution in [2.75, 3.05) is 20.0 Å². The molecule has 0 radical (unpaired) electrons. The van der Waals surface area contributed by atoms with E-state index in [0.717, 1.165) is 0 Å². The van der Waals surface area contributed by atoms with Gasteiger partial charge in [-0.15, -0.1) is 0 Å². The van der Waals surface area contributed by atoms with Gasteiger partial charge in [-0.05, 0) is 23.8 Å². The number of nitriles is 2. The number of methoxy groups -OCH3 is 2. The van der Waals surface area contributed by atoms with E-state index >= 15 is 0 Å². The predicted molar refractivity (Wildman–Crippen MR) is 80.7 cm³/mol. The number of nitrogen functional groups attached to an aromatic ring is 1. The largest absolute Gasteiger partial charge is 0.493 e. The number of H-pyrrole nitrogens is 1. The smallest absolute Gasteiger partial charge is 0.163 e. The van der Waals surface area contributed by atoms with Gasteiger partial charge < -0.3 is 15.2 Å². The Bertz CT molecular complexity index is 808. The fourth-order valence-corrected chi connectivity index (χ4v) is 1.93. The van der Waals surface area contributed by atoms with Gasteiger partial charge in [-0.1, -0.05) is 6.07 Å². The van der Waals surface area contributed by atoms with Gasteiger partial charge in [0.1, 0.15) is 17.7 Å². The zero-order valence-corrected chi connectivity index (χ0v) is 12.0. The predicted octanol–water partition coefficient (Wildman–Crippen LogP) is 1.94. The first kappa shape index (κ1) is 14.9. The highest BCUT2D eigenvalue weighted by atomic mass is 16.5. The Morgan fingerprint density at radius 1 is 1.27 bits per heavy atom. The third-order valence-electron chi connectivity index (χ3n) is 3.01. The molecule has 0 unspecified atom stereocenters. The highest BCUT2D eigenvalue weighted by molar-refractivity contribution is 5.91. The van der Waals surface area contributed by atoms with Crippen LogP contribution in [0.5, 0.6) is 11.5 Å². The molecule has 0 saturated carbocycles. The van der Waals surface area contributed by atoms with Gasteiger partial charge in [-0.3, -0.25) is 5.10 Å². The minimum atomic E-state index is 0.0611. The number of nitrogens with one attached hydrogen (secondary N) is 1. The standard InChI is InChI=1S/C15H13N5O2/c1-21-12-4-3-9(6-13(12)22-2)5-10(7-16)14-11(8-17)15(18)20-19-14/h3-6H,1-2H3,(H3,18,19,20)/b10-5+. The molecule has 0 aliphatic carbocycles. The molecule has 0 amide bonds. The Hall–Kier alpha value is -3.45. The van der Waals surface area contributed by atoms with Crippen LogP contribution < -0.4 is 15.2 Å². The number of aromatic nitrogens is 2. The molecular formula is C15H13N5O2. The molecule has 2 rings (SSSR count). The number of hydrogen-bond acceptors (Lipinski definition) is 6. The zero-order valence-electron chi connectivity index (χ0n) is 12.0. The number of benzene rings is 1. The molecule has 1 aromatic carbocycles. The average Bonchev–Trinajstić information content (AvgIpc) is 2.92. The maximum Gasteiger partial charge on any atom is 0.163 e. The maximum absolute atomic E-state index is 9.33. The second kappa shape index (κ2) is 6.33. The van der Waals surface area contributed by atoms with E-state index in [4.69, 9.17) is 20.5 Å². The lowest BCUT2D eigenvalue weighted by Gasteiger charge is -2.08. The highest BCUT2D eigenvalue weighted by Crippen LogP contribution is 2.30. The van der Waals surface area contributed by atoms with Gasteiger partial charge in [0.15, 0.2) is 17.3 Å². The number of rotatable bonds is 4. The summed E-state index contributed by atoms with van der Waals surface area (Å²) in [4.78, 5) is 0. The summed E-state index contributed by atoms with van der Waals surface area (Å²) in [6.45, 7) is 0. The Morgan fingerprint density at radius 2 is 2.00 bits per heavy atom. The number of nitrogens with two attached hydrogens (primary N) is 1. The molecule has 0 fully saturated rings. The molecule has 110 valence electrons. The van der Waals surface area contributed by atoms with Gasteiger partial charge in [0, 0.05) is 0 Å². The van der Waals surface area contributed by atoms with Crippen LogP contribution in [0.25, 0.3) is 11.6 Å². The van der Waals surface area contributed by atoms with Gasteiger partial charge in [-0.25, -0.2) is 0 Å². The maximum atomic E-state index is 9.33. The van der Waals surface area contributed by atoms with Crippen LogP contribution in [0, 0.1) is 22.7 Å². The molecule has 7 heteroatoms. The van der Waals surface area contributed by atoms with E-state index in [1.165, 1.54) is 7.11 Å². The quantitative estimate of drug-likeness (QED) is 0.831. The van der Waals surface area contributed by atoms with Crippen molar-refractivity contribution >= 4 is 17.5 Å². The summed E-state index contributed by atoms with van der Waals surface area (Å²) in [6, 6.07) is 9.18. The van der Waals surface area contributed by atoms with Gasteiger partial charge >= 0.3 is 0 Å². The molecule has 1 heterocycles. The summed E-state index contributed by atoms with van der Waals surface area (Å²) < 4.78 is 10.4. The van der Waals surface area contributed by atoms with E-state index in [9.17, 15) is 5.26 Å². The topological polar surface area (TPSA) is 121 Å². The van der Waals surface area contributed by atoms with E-state index in [1.54, 1.807) is 31.4 Å². The van der Waals surface area contributed by atoms with Crippen molar-refractivity contribution in [1.82, 2.24) is 10.2 Å². The van der Waals surface area contributed by atoms with Crippen molar-refractivity contribution in [2.24, 2.45) is 0 Å². The summed E-state index contributed by atoms with van der Waals surface area (Å²) in [5.74, 6) is 1.19. The van der Waals surface area contributed by atoms with Crippen LogP contribution in [0.3, 0.4) is 0 Å². The van der Waals surface area contributed by atoms with Crippen LogP contribution in [-0.2, 0) is 0 Å². The summed E-state index contributed by atoms with van der Waals surface area (Å²) in [7, 11) is 3.07. The molecule has 3 N–H and O–H groups in total. The first-order valence-corrected chi connectivity index (χ1v) is 6.22. The molecule has 1 aromatic heterocycles. The molecule has 0 aliphatic rings. The lowest BCUT2D eigenvalue weighted by molar-refractivity contribution is 0.355. The molecule has 22 heavy (non-hydrogen) atoms. The van der Waals surface area contributed by atoms with E-state index in [1.807, 2.05) is 12.1 Å². The summed E-state index contributed by atoms with van der Waals surface area (Å²) in [6.07, 6.45) is 1.61. The van der Waals surface area contributed by atoms with Crippen LogP contribution in [0.4, 0.5) is 5.82 Å². The number of ether oxygens (including phenoxy) is 2. The van der Waals surface area contributed by atoms with Crippen molar-refractivity contribution < 1.29 is 9.47 Å². The molecule has 0 aliphatic heterocycles. The van der Waals surface area contributed by atoms with Gasteiger partial charge in [0.05, 0.1) is 25.5 Å². The molecule has 0 saturated heterocycles. The van der Waals surface area contributed by atoms with Crippen molar-refractivity contribution in [3.63, 3.8) is 0 Å². The number of allylic oxidation sites excluding steroid dienone is 1. The van der Waals surface area contributed by atoms with Crippen molar-refractivity contribution in [1.29, 1.82) is 10.5 Å². The van der Waals surface area contributed by atoms with Crippen LogP contribution in [-0.4, -0.2) is 24.4 Å². The first-order chi connectivity index (χ1) is 10.6. The lowest BCUT2D eigenvalue weighted by atomic mass is 10.1. The lowest BCUT2D eigenvalue weighted by Crippen LogP contribution is -1.92. The number of anilines is 1. The highest BCUT2D eigenvalue weighted by Gasteiger charge is 2.14. The third-order valence-corrected chi connectivity index (χ3v) is 3.01. The van der Waals surface area contributed by atoms with E-state index in [0.29, 0.717) is 17.1 Å². The van der Waals surface area contributed by atoms with Gasteiger partial charge in [-0.2, -0.15) is 15.6 Å². The fourth-order valence-electron chi connectivity index (χ4n) is 1.93. The summed E-state index contributed by atoms with van der Waals surface area (Å²) in [5.41, 5.74) is 6.98. The molecule has 2 aromatic rings. The van der Waals surface area contributed by atoms with Crippen LogP contribution in [0.15, 0.2) is 18.2 Å². The average molecular weight is 295 g/mol. The monoisotopic (exact) mass is 295 g/mol. The Morgan fingerprint density at radius 3 is 2.59 bits per heavy atom. The van der Waals surface area contributed by atoms with Gasteiger partial charge in [0.2, 0.25) is 0 Å². The Labute approximate surface area is 127 Å². The Balaban J connectivity index is 2.50. The number of nitrogens with zero attached hydrogens (tertiary/aromatic N) is 3. The van der Waals surface area contributed by atoms with E-state index in [-0.39, 0.29) is 22.6 Å². The summed E-state index contributed by atoms with van der Waals surface area (Å²) >= 11 is 0. The minimum absolute atomic E-state index is 0.0611. The third kappa shape index (κ3) is 2.69. The molecular weight excluding hydrogens is 282 g/mol. The number of hydrogen-bond donors (Lipinski definition) is 2. The molecule has 0 spiro atoms.